The molecule has 0 fully saturated rings. The molecule has 1 N–H and O–H groups in total. The number of non-ortho nitro benzene ring substituents is 1. The summed E-state index contributed by atoms with van der Waals surface area (Å²) < 4.78 is 11.0. The van der Waals surface area contributed by atoms with Gasteiger partial charge < -0.3 is 14.8 Å². The van der Waals surface area contributed by atoms with Gasteiger partial charge in [0.1, 0.15) is 13.2 Å². The second kappa shape index (κ2) is 6.98. The van der Waals surface area contributed by atoms with Gasteiger partial charge in [0.25, 0.3) is 11.6 Å². The van der Waals surface area contributed by atoms with Crippen LogP contribution < -0.4 is 14.8 Å². The molecule has 0 spiro atoms. The van der Waals surface area contributed by atoms with E-state index in [4.69, 9.17) is 21.1 Å². The summed E-state index contributed by atoms with van der Waals surface area (Å²) in [6.45, 7) is 2.81. The number of hydrogen-bond donors (Lipinski definition) is 1. The SMILES string of the molecule is C[C@H](NC(=O)c1ccc([N+](=O)[O-])cc1Cl)c1ccc2c(c1)OCCO2. The number of hydrogen-bond acceptors (Lipinski definition) is 5. The number of fused-ring (bicyclic) bond motifs is 1. The molecule has 0 unspecified atom stereocenters. The zero-order valence-electron chi connectivity index (χ0n) is 13.3. The predicted octanol–water partition coefficient (Wildman–Crippen LogP) is 3.51. The summed E-state index contributed by atoms with van der Waals surface area (Å²) in [6, 6.07) is 8.89. The van der Waals surface area contributed by atoms with Crippen molar-refractivity contribution in [3.63, 3.8) is 0 Å². The maximum absolute atomic E-state index is 12.4. The summed E-state index contributed by atoms with van der Waals surface area (Å²) in [5, 5.41) is 13.6. The van der Waals surface area contributed by atoms with Gasteiger partial charge in [0, 0.05) is 12.1 Å². The highest BCUT2D eigenvalue weighted by molar-refractivity contribution is 6.34. The molecule has 25 heavy (non-hydrogen) atoms. The second-order valence-corrected chi connectivity index (χ2v) is 5.93. The van der Waals surface area contributed by atoms with Crippen molar-refractivity contribution in [3.8, 4) is 11.5 Å². The van der Waals surface area contributed by atoms with Gasteiger partial charge in [0.05, 0.1) is 21.6 Å². The van der Waals surface area contributed by atoms with Gasteiger partial charge in [-0.3, -0.25) is 14.9 Å². The Hall–Kier alpha value is -2.80. The Morgan fingerprint density at radius 1 is 1.20 bits per heavy atom. The third-order valence-electron chi connectivity index (χ3n) is 3.82. The minimum absolute atomic E-state index is 0.0288. The predicted molar refractivity (Wildman–Crippen MR) is 91.4 cm³/mol. The number of halogens is 1. The first kappa shape index (κ1) is 17.0. The first-order chi connectivity index (χ1) is 12.0. The van der Waals surface area contributed by atoms with Crippen LogP contribution in [0.5, 0.6) is 11.5 Å². The van der Waals surface area contributed by atoms with Crippen molar-refractivity contribution in [2.75, 3.05) is 13.2 Å². The number of nitrogens with one attached hydrogen (secondary N) is 1. The van der Waals surface area contributed by atoms with E-state index in [9.17, 15) is 14.9 Å². The Labute approximate surface area is 148 Å². The van der Waals surface area contributed by atoms with Gasteiger partial charge in [-0.1, -0.05) is 17.7 Å². The Bertz CT molecular complexity index is 840. The van der Waals surface area contributed by atoms with Gasteiger partial charge in [-0.05, 0) is 30.7 Å². The van der Waals surface area contributed by atoms with Crippen LogP contribution in [0.1, 0.15) is 28.9 Å². The fourth-order valence-corrected chi connectivity index (χ4v) is 2.75. The van der Waals surface area contributed by atoms with Gasteiger partial charge in [0.15, 0.2) is 11.5 Å². The zero-order valence-corrected chi connectivity index (χ0v) is 14.1. The Morgan fingerprint density at radius 2 is 1.92 bits per heavy atom. The van der Waals surface area contributed by atoms with Crippen molar-refractivity contribution in [2.45, 2.75) is 13.0 Å². The Kier molecular flexibility index (Phi) is 4.76. The molecule has 1 amide bonds. The minimum Gasteiger partial charge on any atom is -0.486 e. The number of ether oxygens (including phenoxy) is 2. The third-order valence-corrected chi connectivity index (χ3v) is 4.13. The molecule has 7 nitrogen and oxygen atoms in total. The van der Waals surface area contributed by atoms with Crippen molar-refractivity contribution in [1.29, 1.82) is 0 Å². The number of carbonyl (C=O) groups excluding carboxylic acids is 1. The maximum Gasteiger partial charge on any atom is 0.270 e. The first-order valence-electron chi connectivity index (χ1n) is 7.60. The topological polar surface area (TPSA) is 90.7 Å². The molecule has 0 saturated carbocycles. The number of benzene rings is 2. The van der Waals surface area contributed by atoms with E-state index >= 15 is 0 Å². The molecule has 3 rings (SSSR count). The first-order valence-corrected chi connectivity index (χ1v) is 7.98. The maximum atomic E-state index is 12.4. The summed E-state index contributed by atoms with van der Waals surface area (Å²) >= 11 is 5.99. The molecule has 0 saturated heterocycles. The number of amides is 1. The number of rotatable bonds is 4. The van der Waals surface area contributed by atoms with Crippen LogP contribution in [0.4, 0.5) is 5.69 Å². The van der Waals surface area contributed by atoms with E-state index in [-0.39, 0.29) is 22.3 Å². The molecule has 2 aromatic rings. The Balaban J connectivity index is 1.75. The van der Waals surface area contributed by atoms with E-state index in [1.54, 1.807) is 6.07 Å². The lowest BCUT2D eigenvalue weighted by molar-refractivity contribution is -0.384. The lowest BCUT2D eigenvalue weighted by Crippen LogP contribution is -2.27. The summed E-state index contributed by atoms with van der Waals surface area (Å²) in [7, 11) is 0. The van der Waals surface area contributed by atoms with Crippen molar-refractivity contribution in [1.82, 2.24) is 5.32 Å². The molecule has 130 valence electrons. The van der Waals surface area contributed by atoms with Crippen LogP contribution in [-0.4, -0.2) is 24.0 Å². The van der Waals surface area contributed by atoms with Crippen LogP contribution in [0.15, 0.2) is 36.4 Å². The molecule has 1 atom stereocenters. The molecule has 0 radical (unpaired) electrons. The molecule has 8 heteroatoms. The number of carbonyl (C=O) groups is 1. The number of nitro benzene ring substituents is 1. The molecule has 0 bridgehead atoms. The molecule has 1 aliphatic heterocycles. The van der Waals surface area contributed by atoms with Gasteiger partial charge >= 0.3 is 0 Å². The highest BCUT2D eigenvalue weighted by Crippen LogP contribution is 2.32. The highest BCUT2D eigenvalue weighted by Gasteiger charge is 2.19. The zero-order chi connectivity index (χ0) is 18.0. The largest absolute Gasteiger partial charge is 0.486 e. The summed E-state index contributed by atoms with van der Waals surface area (Å²) in [5.74, 6) is 0.896. The van der Waals surface area contributed by atoms with Crippen LogP contribution in [0.3, 0.4) is 0 Å². The number of nitrogens with zero attached hydrogens (tertiary/aromatic N) is 1. The smallest absolute Gasteiger partial charge is 0.270 e. The fourth-order valence-electron chi connectivity index (χ4n) is 2.49. The van der Waals surface area contributed by atoms with E-state index in [1.807, 2.05) is 19.1 Å². The van der Waals surface area contributed by atoms with E-state index in [1.165, 1.54) is 12.1 Å². The van der Waals surface area contributed by atoms with Crippen LogP contribution in [-0.2, 0) is 0 Å². The van der Waals surface area contributed by atoms with E-state index in [2.05, 4.69) is 5.32 Å². The van der Waals surface area contributed by atoms with Gasteiger partial charge in [-0.15, -0.1) is 0 Å². The molecular weight excluding hydrogens is 348 g/mol. The summed E-state index contributed by atoms with van der Waals surface area (Å²) in [5.41, 5.74) is 0.855. The lowest BCUT2D eigenvalue weighted by atomic mass is 10.1. The molecule has 2 aromatic carbocycles. The van der Waals surface area contributed by atoms with Crippen molar-refractivity contribution >= 4 is 23.2 Å². The Morgan fingerprint density at radius 3 is 2.60 bits per heavy atom. The minimum atomic E-state index is -0.564. The number of nitro groups is 1. The van der Waals surface area contributed by atoms with Crippen molar-refractivity contribution in [2.24, 2.45) is 0 Å². The van der Waals surface area contributed by atoms with E-state index in [0.717, 1.165) is 11.6 Å². The average molecular weight is 363 g/mol. The summed E-state index contributed by atoms with van der Waals surface area (Å²) in [6.07, 6.45) is 0. The van der Waals surface area contributed by atoms with Gasteiger partial charge in [-0.25, -0.2) is 0 Å². The molecule has 1 aliphatic rings. The molecule has 0 aliphatic carbocycles. The van der Waals surface area contributed by atoms with E-state index in [0.29, 0.717) is 24.7 Å². The van der Waals surface area contributed by atoms with Crippen molar-refractivity contribution in [3.05, 3.63) is 62.7 Å². The normalized spacial score (nSPS) is 13.8. The lowest BCUT2D eigenvalue weighted by Gasteiger charge is -2.21. The van der Waals surface area contributed by atoms with Crippen LogP contribution in [0.2, 0.25) is 5.02 Å². The molecule has 1 heterocycles. The average Bonchev–Trinajstić information content (AvgIpc) is 2.60. The molecule has 0 aromatic heterocycles. The van der Waals surface area contributed by atoms with Crippen LogP contribution in [0.25, 0.3) is 0 Å². The van der Waals surface area contributed by atoms with Crippen molar-refractivity contribution < 1.29 is 19.2 Å². The monoisotopic (exact) mass is 362 g/mol. The van der Waals surface area contributed by atoms with Gasteiger partial charge in [-0.2, -0.15) is 0 Å². The third kappa shape index (κ3) is 3.66. The van der Waals surface area contributed by atoms with Crippen LogP contribution >= 0.6 is 11.6 Å². The standard InChI is InChI=1S/C17H15ClN2O5/c1-10(11-2-5-15-16(8-11)25-7-6-24-15)19-17(21)13-4-3-12(20(22)23)9-14(13)18/h2-5,8-10H,6-7H2,1H3,(H,19,21)/t10-/m0/s1. The van der Waals surface area contributed by atoms with Crippen LogP contribution in [0, 0.1) is 10.1 Å². The summed E-state index contributed by atoms with van der Waals surface area (Å²) in [4.78, 5) is 22.6. The highest BCUT2D eigenvalue weighted by atomic mass is 35.5. The van der Waals surface area contributed by atoms with E-state index < -0.39 is 10.8 Å². The second-order valence-electron chi connectivity index (χ2n) is 5.52. The fraction of sp³-hybridized carbons (Fsp3) is 0.235. The molecular formula is C17H15ClN2O5. The quantitative estimate of drug-likeness (QED) is 0.663. The van der Waals surface area contributed by atoms with Gasteiger partial charge in [0.2, 0.25) is 0 Å².